The molecule has 0 spiro atoms. The first-order valence-corrected chi connectivity index (χ1v) is 7.76. The molecule has 124 valence electrons. The zero-order chi connectivity index (χ0) is 16.4. The summed E-state index contributed by atoms with van der Waals surface area (Å²) in [6, 6.07) is 9.75. The fraction of sp³-hybridized carbons (Fsp3) is 0.312. The molecule has 1 fully saturated rings. The Bertz CT molecular complexity index is 800. The van der Waals surface area contributed by atoms with Gasteiger partial charge in [0.05, 0.1) is 37.3 Å². The lowest BCUT2D eigenvalue weighted by Gasteiger charge is -2.13. The second-order valence-electron chi connectivity index (χ2n) is 5.67. The summed E-state index contributed by atoms with van der Waals surface area (Å²) in [6.07, 6.45) is 5.05. The molecule has 1 aromatic carbocycles. The summed E-state index contributed by atoms with van der Waals surface area (Å²) in [5, 5.41) is 8.75. The molecule has 4 rings (SSSR count). The van der Waals surface area contributed by atoms with Crippen molar-refractivity contribution in [1.29, 1.82) is 0 Å². The van der Waals surface area contributed by atoms with Crippen molar-refractivity contribution >= 4 is 0 Å². The number of hydrogen-bond donors (Lipinski definition) is 1. The molecule has 0 bridgehead atoms. The lowest BCUT2D eigenvalue weighted by atomic mass is 10.2. The van der Waals surface area contributed by atoms with Crippen LogP contribution in [0.2, 0.25) is 0 Å². The molecule has 2 atom stereocenters. The highest BCUT2D eigenvalue weighted by Crippen LogP contribution is 2.16. The van der Waals surface area contributed by atoms with Crippen LogP contribution in [-0.4, -0.2) is 49.9 Å². The van der Waals surface area contributed by atoms with Gasteiger partial charge in [-0.15, -0.1) is 5.10 Å². The minimum atomic E-state index is -0.127. The largest absolute Gasteiger partial charge is 0.483 e. The number of nitrogens with zero attached hydrogens (tertiary/aromatic N) is 5. The van der Waals surface area contributed by atoms with Gasteiger partial charge in [-0.2, -0.15) is 5.10 Å². The molecule has 3 heterocycles. The van der Waals surface area contributed by atoms with E-state index in [-0.39, 0.29) is 12.1 Å². The molecule has 0 aliphatic carbocycles. The minimum Gasteiger partial charge on any atom is -0.483 e. The van der Waals surface area contributed by atoms with Gasteiger partial charge in [-0.05, 0) is 12.1 Å². The zero-order valence-electron chi connectivity index (χ0n) is 13.0. The van der Waals surface area contributed by atoms with Crippen molar-refractivity contribution in [1.82, 2.24) is 24.5 Å². The Balaban J connectivity index is 1.42. The van der Waals surface area contributed by atoms with Crippen molar-refractivity contribution in [2.45, 2.75) is 18.7 Å². The fourth-order valence-corrected chi connectivity index (χ4v) is 2.56. The maximum atomic E-state index is 5.92. The third-order valence-corrected chi connectivity index (χ3v) is 3.83. The van der Waals surface area contributed by atoms with Crippen LogP contribution in [0.1, 0.15) is 5.82 Å². The number of rotatable bonds is 5. The molecule has 0 unspecified atom stereocenters. The predicted octanol–water partition coefficient (Wildman–Crippen LogP) is 0.617. The first-order chi connectivity index (χ1) is 11.8. The molecule has 24 heavy (non-hydrogen) atoms. The van der Waals surface area contributed by atoms with Crippen molar-refractivity contribution in [3.63, 3.8) is 0 Å². The second-order valence-corrected chi connectivity index (χ2v) is 5.67. The molecule has 8 nitrogen and oxygen atoms in total. The van der Waals surface area contributed by atoms with Crippen LogP contribution in [-0.2, 0) is 11.3 Å². The van der Waals surface area contributed by atoms with Crippen molar-refractivity contribution in [2.24, 2.45) is 5.73 Å². The Morgan fingerprint density at radius 2 is 2.12 bits per heavy atom. The van der Waals surface area contributed by atoms with E-state index >= 15 is 0 Å². The van der Waals surface area contributed by atoms with E-state index < -0.39 is 0 Å². The highest BCUT2D eigenvalue weighted by molar-refractivity contribution is 5.29. The van der Waals surface area contributed by atoms with E-state index in [1.165, 1.54) is 0 Å². The quantitative estimate of drug-likeness (QED) is 0.739. The third kappa shape index (κ3) is 3.15. The van der Waals surface area contributed by atoms with Crippen LogP contribution in [0.25, 0.3) is 5.69 Å². The first-order valence-electron chi connectivity index (χ1n) is 7.76. The van der Waals surface area contributed by atoms with Crippen molar-refractivity contribution in [2.75, 3.05) is 13.2 Å². The molecule has 0 amide bonds. The van der Waals surface area contributed by atoms with E-state index in [9.17, 15) is 0 Å². The molecule has 1 aliphatic rings. The van der Waals surface area contributed by atoms with Gasteiger partial charge in [0.25, 0.3) is 0 Å². The van der Waals surface area contributed by atoms with Crippen molar-refractivity contribution in [3.05, 3.63) is 54.9 Å². The number of para-hydroxylation sites is 1. The fourth-order valence-electron chi connectivity index (χ4n) is 2.56. The molecular formula is C16H18N6O2. The molecule has 0 saturated carbocycles. The summed E-state index contributed by atoms with van der Waals surface area (Å²) < 4.78 is 14.6. The molecule has 2 N–H and O–H groups in total. The summed E-state index contributed by atoms with van der Waals surface area (Å²) >= 11 is 0. The summed E-state index contributed by atoms with van der Waals surface area (Å²) in [4.78, 5) is 4.32. The number of benzene rings is 1. The van der Waals surface area contributed by atoms with Gasteiger partial charge >= 0.3 is 0 Å². The SMILES string of the molecule is N[C@H]1COC[C@H]1Oc1cnn(Cc2ncn(-c3ccccc3)n2)c1. The number of ether oxygens (including phenoxy) is 2. The lowest BCUT2D eigenvalue weighted by Crippen LogP contribution is -2.37. The maximum Gasteiger partial charge on any atom is 0.172 e. The summed E-state index contributed by atoms with van der Waals surface area (Å²) in [5.41, 5.74) is 6.88. The highest BCUT2D eigenvalue weighted by Gasteiger charge is 2.27. The van der Waals surface area contributed by atoms with Crippen LogP contribution < -0.4 is 10.5 Å². The standard InChI is InChI=1S/C16H18N6O2/c17-14-9-23-10-15(14)24-13-6-19-21(7-13)8-16-18-11-22(20-16)12-4-2-1-3-5-12/h1-7,11,14-15H,8-10,17H2/t14-,15+/m0/s1. The monoisotopic (exact) mass is 326 g/mol. The summed E-state index contributed by atoms with van der Waals surface area (Å²) in [5.74, 6) is 1.35. The predicted molar refractivity (Wildman–Crippen MR) is 85.9 cm³/mol. The first kappa shape index (κ1) is 14.9. The Kier molecular flexibility index (Phi) is 3.97. The molecule has 2 aromatic heterocycles. The average Bonchev–Trinajstić information content (AvgIpc) is 3.33. The van der Waals surface area contributed by atoms with Crippen LogP contribution >= 0.6 is 0 Å². The summed E-state index contributed by atoms with van der Waals surface area (Å²) in [6.45, 7) is 1.51. The maximum absolute atomic E-state index is 5.92. The van der Waals surface area contributed by atoms with E-state index in [1.807, 2.05) is 36.5 Å². The number of nitrogens with two attached hydrogens (primary N) is 1. The zero-order valence-corrected chi connectivity index (χ0v) is 13.0. The van der Waals surface area contributed by atoms with E-state index in [1.54, 1.807) is 21.9 Å². The van der Waals surface area contributed by atoms with Gasteiger partial charge in [-0.25, -0.2) is 9.67 Å². The Hall–Kier alpha value is -2.71. The van der Waals surface area contributed by atoms with Gasteiger partial charge in [-0.3, -0.25) is 4.68 Å². The molecule has 3 aromatic rings. The van der Waals surface area contributed by atoms with Crippen LogP contribution in [0.15, 0.2) is 49.1 Å². The van der Waals surface area contributed by atoms with Crippen LogP contribution in [0.5, 0.6) is 5.75 Å². The van der Waals surface area contributed by atoms with Crippen LogP contribution in [0.3, 0.4) is 0 Å². The van der Waals surface area contributed by atoms with Gasteiger partial charge < -0.3 is 15.2 Å². The van der Waals surface area contributed by atoms with Gasteiger partial charge in [0, 0.05) is 0 Å². The number of aromatic nitrogens is 5. The Morgan fingerprint density at radius 3 is 2.92 bits per heavy atom. The Labute approximate surface area is 138 Å². The molecule has 8 heteroatoms. The van der Waals surface area contributed by atoms with Crippen molar-refractivity contribution < 1.29 is 9.47 Å². The van der Waals surface area contributed by atoms with Gasteiger partial charge in [0.15, 0.2) is 11.6 Å². The third-order valence-electron chi connectivity index (χ3n) is 3.83. The van der Waals surface area contributed by atoms with Crippen LogP contribution in [0.4, 0.5) is 0 Å². The highest BCUT2D eigenvalue weighted by atomic mass is 16.5. The molecule has 1 aliphatic heterocycles. The van der Waals surface area contributed by atoms with E-state index in [2.05, 4.69) is 15.2 Å². The normalized spacial score (nSPS) is 20.4. The molecule has 0 radical (unpaired) electrons. The lowest BCUT2D eigenvalue weighted by molar-refractivity contribution is 0.140. The number of hydrogen-bond acceptors (Lipinski definition) is 6. The molecular weight excluding hydrogens is 308 g/mol. The van der Waals surface area contributed by atoms with Gasteiger partial charge in [0.2, 0.25) is 0 Å². The second kappa shape index (κ2) is 6.42. The Morgan fingerprint density at radius 1 is 1.25 bits per heavy atom. The van der Waals surface area contributed by atoms with Gasteiger partial charge in [-0.1, -0.05) is 18.2 Å². The van der Waals surface area contributed by atoms with E-state index in [0.717, 1.165) is 5.69 Å². The smallest absolute Gasteiger partial charge is 0.172 e. The topological polar surface area (TPSA) is 93.0 Å². The average molecular weight is 326 g/mol. The van der Waals surface area contributed by atoms with E-state index in [4.69, 9.17) is 15.2 Å². The minimum absolute atomic E-state index is 0.100. The molecule has 1 saturated heterocycles. The van der Waals surface area contributed by atoms with E-state index in [0.29, 0.717) is 31.3 Å². The summed E-state index contributed by atoms with van der Waals surface area (Å²) in [7, 11) is 0. The van der Waals surface area contributed by atoms with Crippen molar-refractivity contribution in [3.8, 4) is 11.4 Å². The van der Waals surface area contributed by atoms with Gasteiger partial charge in [0.1, 0.15) is 19.0 Å². The van der Waals surface area contributed by atoms with Crippen LogP contribution in [0, 0.1) is 0 Å².